The number of hydrogen-bond donors (Lipinski definition) is 1. The molecule has 9 nitrogen and oxygen atoms in total. The Kier molecular flexibility index (Phi) is 8.56. The van der Waals surface area contributed by atoms with E-state index in [1.165, 1.54) is 0 Å². The van der Waals surface area contributed by atoms with Gasteiger partial charge in [0.15, 0.2) is 5.78 Å². The molecule has 1 aromatic carbocycles. The number of likely N-dealkylation sites (tertiary alicyclic amines) is 1. The molecule has 2 amide bonds. The summed E-state index contributed by atoms with van der Waals surface area (Å²) in [6.45, 7) is 16.0. The Morgan fingerprint density at radius 2 is 1.78 bits per heavy atom. The number of hydrogen-bond acceptors (Lipinski definition) is 7. The van der Waals surface area contributed by atoms with Crippen molar-refractivity contribution in [2.24, 2.45) is 5.41 Å². The van der Waals surface area contributed by atoms with E-state index in [4.69, 9.17) is 9.47 Å². The summed E-state index contributed by atoms with van der Waals surface area (Å²) < 4.78 is 11.5. The quantitative estimate of drug-likeness (QED) is 0.567. The zero-order valence-corrected chi connectivity index (χ0v) is 22.9. The molecule has 0 spiro atoms. The molecular weight excluding hydrogens is 472 g/mol. The van der Waals surface area contributed by atoms with E-state index in [0.717, 1.165) is 38.4 Å². The van der Waals surface area contributed by atoms with Crippen LogP contribution >= 0.6 is 0 Å². The second kappa shape index (κ2) is 11.5. The van der Waals surface area contributed by atoms with E-state index in [0.29, 0.717) is 18.6 Å². The first-order valence-electron chi connectivity index (χ1n) is 13.6. The van der Waals surface area contributed by atoms with E-state index in [2.05, 4.69) is 22.0 Å². The number of likely N-dealkylation sites (N-methyl/N-ethyl adjacent to an activating group) is 1. The van der Waals surface area contributed by atoms with E-state index in [9.17, 15) is 14.4 Å². The molecule has 3 aliphatic rings. The number of carbonyl (C=O) groups is 3. The number of fused-ring (bicyclic) bond motifs is 1. The average Bonchev–Trinajstić information content (AvgIpc) is 3.43. The Morgan fingerprint density at radius 3 is 2.38 bits per heavy atom. The predicted octanol–water partition coefficient (Wildman–Crippen LogP) is 1.95. The van der Waals surface area contributed by atoms with Crippen LogP contribution in [0.4, 0.5) is 5.69 Å². The van der Waals surface area contributed by atoms with Crippen LogP contribution in [0.25, 0.3) is 0 Å². The van der Waals surface area contributed by atoms with Crippen LogP contribution in [-0.2, 0) is 19.1 Å². The van der Waals surface area contributed by atoms with Gasteiger partial charge in [-0.15, -0.1) is 0 Å². The van der Waals surface area contributed by atoms with Crippen LogP contribution in [0.5, 0.6) is 0 Å². The molecule has 4 rings (SSSR count). The Morgan fingerprint density at radius 1 is 1.11 bits per heavy atom. The van der Waals surface area contributed by atoms with Crippen molar-refractivity contribution in [3.63, 3.8) is 0 Å². The lowest BCUT2D eigenvalue weighted by atomic mass is 9.87. The van der Waals surface area contributed by atoms with Gasteiger partial charge in [0, 0.05) is 44.0 Å². The van der Waals surface area contributed by atoms with Crippen LogP contribution in [0.15, 0.2) is 24.3 Å². The van der Waals surface area contributed by atoms with Gasteiger partial charge in [0.05, 0.1) is 6.54 Å². The van der Waals surface area contributed by atoms with Gasteiger partial charge in [-0.25, -0.2) is 0 Å². The van der Waals surface area contributed by atoms with E-state index < -0.39 is 18.2 Å². The van der Waals surface area contributed by atoms with Crippen molar-refractivity contribution >= 4 is 23.3 Å². The molecule has 0 radical (unpaired) electrons. The van der Waals surface area contributed by atoms with Crippen molar-refractivity contribution in [1.29, 1.82) is 0 Å². The highest BCUT2D eigenvalue weighted by molar-refractivity contribution is 5.99. The Balaban J connectivity index is 1.46. The zero-order valence-electron chi connectivity index (χ0n) is 22.9. The molecule has 0 aromatic heterocycles. The maximum Gasteiger partial charge on any atom is 0.251 e. The fourth-order valence-corrected chi connectivity index (χ4v) is 5.60. The number of amides is 2. The average molecular weight is 515 g/mol. The molecule has 0 aliphatic carbocycles. The fourth-order valence-electron chi connectivity index (χ4n) is 5.60. The molecule has 1 aromatic rings. The van der Waals surface area contributed by atoms with Crippen LogP contribution in [0.3, 0.4) is 0 Å². The fraction of sp³-hybridized carbons (Fsp3) is 0.679. The van der Waals surface area contributed by atoms with Gasteiger partial charge >= 0.3 is 0 Å². The second-order valence-electron chi connectivity index (χ2n) is 11.4. The van der Waals surface area contributed by atoms with Gasteiger partial charge < -0.3 is 29.5 Å². The van der Waals surface area contributed by atoms with E-state index in [-0.39, 0.29) is 42.3 Å². The van der Waals surface area contributed by atoms with Crippen molar-refractivity contribution in [3.05, 3.63) is 29.8 Å². The first kappa shape index (κ1) is 27.5. The zero-order chi connectivity index (χ0) is 26.7. The summed E-state index contributed by atoms with van der Waals surface area (Å²) in [4.78, 5) is 46.0. The third kappa shape index (κ3) is 6.33. The van der Waals surface area contributed by atoms with Crippen molar-refractivity contribution < 1.29 is 23.9 Å². The van der Waals surface area contributed by atoms with Crippen LogP contribution in [0, 0.1) is 5.41 Å². The summed E-state index contributed by atoms with van der Waals surface area (Å²) >= 11 is 0. The summed E-state index contributed by atoms with van der Waals surface area (Å²) in [5, 5.41) is 2.98. The highest BCUT2D eigenvalue weighted by Crippen LogP contribution is 2.31. The molecule has 1 N–H and O–H groups in total. The second-order valence-corrected chi connectivity index (χ2v) is 11.4. The number of anilines is 1. The molecule has 3 fully saturated rings. The molecular formula is C28H42N4O5. The van der Waals surface area contributed by atoms with Crippen LogP contribution < -0.4 is 10.2 Å². The number of rotatable bonds is 8. The molecule has 204 valence electrons. The molecule has 4 atom stereocenters. The predicted molar refractivity (Wildman–Crippen MR) is 142 cm³/mol. The summed E-state index contributed by atoms with van der Waals surface area (Å²) in [6.07, 6.45) is -0.350. The minimum Gasteiger partial charge on any atom is -0.374 e. The molecule has 0 bridgehead atoms. The lowest BCUT2D eigenvalue weighted by Crippen LogP contribution is -2.53. The van der Waals surface area contributed by atoms with Gasteiger partial charge in [0.1, 0.15) is 30.9 Å². The van der Waals surface area contributed by atoms with E-state index in [1.807, 2.05) is 52.0 Å². The third-order valence-electron chi connectivity index (χ3n) is 7.54. The smallest absolute Gasteiger partial charge is 0.251 e. The standard InChI is InChI=1S/C28H42N4O5/c1-6-30-12-14-31(15-13-30)20-10-8-19(9-11-20)26(34)29-21(16-28(3,4)5)27(35)32-17-23(36-7-2)25-24(32)22(33)18-37-25/h8-11,21,23-25H,6-7,12-18H2,1-5H3,(H,29,34)/t21?,23-,24+,25+/m0/s1. The van der Waals surface area contributed by atoms with Crippen molar-refractivity contribution in [2.75, 3.05) is 57.4 Å². The number of Topliss-reactive ketones (excluding diaryl/α,β-unsaturated/α-hetero) is 1. The van der Waals surface area contributed by atoms with Crippen molar-refractivity contribution in [3.8, 4) is 0 Å². The number of piperazine rings is 1. The highest BCUT2D eigenvalue weighted by atomic mass is 16.6. The Bertz CT molecular complexity index is 968. The minimum atomic E-state index is -0.760. The summed E-state index contributed by atoms with van der Waals surface area (Å²) in [6, 6.07) is 6.17. The van der Waals surface area contributed by atoms with Gasteiger partial charge in [-0.2, -0.15) is 0 Å². The molecule has 3 aliphatic heterocycles. The van der Waals surface area contributed by atoms with Gasteiger partial charge in [0.25, 0.3) is 5.91 Å². The normalized spacial score (nSPS) is 25.3. The number of carbonyl (C=O) groups excluding carboxylic acids is 3. The van der Waals surface area contributed by atoms with Gasteiger partial charge in [-0.05, 0) is 49.6 Å². The first-order valence-corrected chi connectivity index (χ1v) is 13.6. The molecule has 1 unspecified atom stereocenters. The van der Waals surface area contributed by atoms with Gasteiger partial charge in [0.2, 0.25) is 5.91 Å². The van der Waals surface area contributed by atoms with Gasteiger partial charge in [-0.3, -0.25) is 14.4 Å². The maximum absolute atomic E-state index is 13.8. The van der Waals surface area contributed by atoms with Crippen LogP contribution in [-0.4, -0.2) is 104 Å². The molecule has 0 saturated carbocycles. The summed E-state index contributed by atoms with van der Waals surface area (Å²) in [5.41, 5.74) is 1.39. The third-order valence-corrected chi connectivity index (χ3v) is 7.54. The van der Waals surface area contributed by atoms with Crippen molar-refractivity contribution in [2.45, 2.75) is 65.3 Å². The van der Waals surface area contributed by atoms with Crippen molar-refractivity contribution in [1.82, 2.24) is 15.1 Å². The molecule has 37 heavy (non-hydrogen) atoms. The summed E-state index contributed by atoms with van der Waals surface area (Å²) in [5.74, 6) is -0.669. The van der Waals surface area contributed by atoms with Crippen LogP contribution in [0.1, 0.15) is 51.4 Å². The van der Waals surface area contributed by atoms with E-state index in [1.54, 1.807) is 4.90 Å². The largest absolute Gasteiger partial charge is 0.374 e. The Hall–Kier alpha value is -2.49. The topological polar surface area (TPSA) is 91.4 Å². The number of benzene rings is 1. The van der Waals surface area contributed by atoms with Crippen LogP contribution in [0.2, 0.25) is 0 Å². The minimum absolute atomic E-state index is 0.0151. The first-order chi connectivity index (χ1) is 17.6. The molecule has 3 saturated heterocycles. The number of ketones is 1. The lowest BCUT2D eigenvalue weighted by molar-refractivity contribution is -0.139. The monoisotopic (exact) mass is 514 g/mol. The van der Waals surface area contributed by atoms with Gasteiger partial charge in [-0.1, -0.05) is 27.7 Å². The number of nitrogens with one attached hydrogen (secondary N) is 1. The molecule has 3 heterocycles. The number of nitrogens with zero attached hydrogens (tertiary/aromatic N) is 3. The maximum atomic E-state index is 13.8. The van der Waals surface area contributed by atoms with E-state index >= 15 is 0 Å². The Labute approximate surface area is 220 Å². The lowest BCUT2D eigenvalue weighted by Gasteiger charge is -2.35. The highest BCUT2D eigenvalue weighted by Gasteiger charge is 2.53. The SMILES string of the molecule is CCO[C@H]1CN(C(=O)C(CC(C)(C)C)NC(=O)c2ccc(N3CCN(CC)CC3)cc2)[C@@H]2C(=O)CO[C@H]12. The molecule has 9 heteroatoms. The summed E-state index contributed by atoms with van der Waals surface area (Å²) in [7, 11) is 0. The number of ether oxygens (including phenoxy) is 2.